The molecule has 0 radical (unpaired) electrons. The van der Waals surface area contributed by atoms with Gasteiger partial charge in [-0.1, -0.05) is 29.8 Å². The normalized spacial score (nSPS) is 10.2. The molecular weight excluding hydrogens is 268 g/mol. The van der Waals surface area contributed by atoms with Gasteiger partial charge in [-0.25, -0.2) is 0 Å². The lowest BCUT2D eigenvalue weighted by atomic mass is 10.1. The van der Waals surface area contributed by atoms with Crippen molar-refractivity contribution in [1.82, 2.24) is 0 Å². The van der Waals surface area contributed by atoms with Gasteiger partial charge in [0.15, 0.2) is 6.29 Å². The first-order valence-electron chi connectivity index (χ1n) is 6.51. The summed E-state index contributed by atoms with van der Waals surface area (Å²) >= 11 is 0. The van der Waals surface area contributed by atoms with Crippen molar-refractivity contribution >= 4 is 17.7 Å². The Balaban J connectivity index is 2.26. The van der Waals surface area contributed by atoms with E-state index in [1.807, 2.05) is 43.1 Å². The Morgan fingerprint density at radius 1 is 1.19 bits per heavy atom. The molecule has 0 heterocycles. The summed E-state index contributed by atoms with van der Waals surface area (Å²) in [6, 6.07) is 12.4. The van der Waals surface area contributed by atoms with Crippen LogP contribution in [0, 0.1) is 17.0 Å². The maximum atomic E-state index is 11.2. The highest BCUT2D eigenvalue weighted by atomic mass is 16.6. The van der Waals surface area contributed by atoms with Crippen molar-refractivity contribution in [3.8, 4) is 0 Å². The summed E-state index contributed by atoms with van der Waals surface area (Å²) in [5.74, 6) is 0. The van der Waals surface area contributed by atoms with Gasteiger partial charge in [-0.15, -0.1) is 0 Å². The van der Waals surface area contributed by atoms with Crippen LogP contribution in [-0.2, 0) is 6.54 Å². The molecule has 0 aliphatic carbocycles. The van der Waals surface area contributed by atoms with Crippen molar-refractivity contribution in [2.24, 2.45) is 0 Å². The lowest BCUT2D eigenvalue weighted by molar-refractivity contribution is -0.384. The fourth-order valence-corrected chi connectivity index (χ4v) is 2.15. The van der Waals surface area contributed by atoms with Crippen LogP contribution in [0.15, 0.2) is 42.5 Å². The standard InChI is InChI=1S/C16H16N2O3/c1-12-3-5-13(6-4-12)10-17(2)16-8-7-15(18(20)21)9-14(16)11-19/h3-9,11H,10H2,1-2H3. The van der Waals surface area contributed by atoms with Crippen LogP contribution in [0.2, 0.25) is 0 Å². The molecule has 21 heavy (non-hydrogen) atoms. The number of hydrogen-bond donors (Lipinski definition) is 0. The van der Waals surface area contributed by atoms with E-state index in [0.717, 1.165) is 5.56 Å². The molecule has 0 saturated carbocycles. The second-order valence-corrected chi connectivity index (χ2v) is 4.96. The van der Waals surface area contributed by atoms with E-state index in [-0.39, 0.29) is 5.69 Å². The van der Waals surface area contributed by atoms with Gasteiger partial charge < -0.3 is 4.90 Å². The van der Waals surface area contributed by atoms with Gasteiger partial charge in [0.25, 0.3) is 5.69 Å². The van der Waals surface area contributed by atoms with Gasteiger partial charge in [-0.2, -0.15) is 0 Å². The third-order valence-electron chi connectivity index (χ3n) is 3.30. The number of nitro groups is 1. The summed E-state index contributed by atoms with van der Waals surface area (Å²) < 4.78 is 0. The van der Waals surface area contributed by atoms with Crippen LogP contribution in [0.4, 0.5) is 11.4 Å². The predicted molar refractivity (Wildman–Crippen MR) is 81.8 cm³/mol. The first kappa shape index (κ1) is 14.7. The summed E-state index contributed by atoms with van der Waals surface area (Å²) in [6.07, 6.45) is 0.647. The highest BCUT2D eigenvalue weighted by molar-refractivity contribution is 5.85. The Bertz CT molecular complexity index is 666. The second kappa shape index (κ2) is 6.17. The summed E-state index contributed by atoms with van der Waals surface area (Å²) in [5.41, 5.74) is 3.21. The molecule has 0 aliphatic heterocycles. The number of nitro benzene ring substituents is 1. The predicted octanol–water partition coefficient (Wildman–Crippen LogP) is 3.35. The SMILES string of the molecule is Cc1ccc(CN(C)c2ccc([N+](=O)[O-])cc2C=O)cc1. The third kappa shape index (κ3) is 3.45. The lowest BCUT2D eigenvalue weighted by Crippen LogP contribution is -2.18. The molecular formula is C16H16N2O3. The van der Waals surface area contributed by atoms with Gasteiger partial charge in [-0.05, 0) is 18.6 Å². The maximum absolute atomic E-state index is 11.2. The van der Waals surface area contributed by atoms with E-state index in [4.69, 9.17) is 0 Å². The molecule has 0 aliphatic rings. The summed E-state index contributed by atoms with van der Waals surface area (Å²) in [4.78, 5) is 23.3. The van der Waals surface area contributed by atoms with Gasteiger partial charge in [0.05, 0.1) is 4.92 Å². The highest BCUT2D eigenvalue weighted by Gasteiger charge is 2.13. The smallest absolute Gasteiger partial charge is 0.270 e. The number of carbonyl (C=O) groups excluding carboxylic acids is 1. The first-order chi connectivity index (χ1) is 10.0. The second-order valence-electron chi connectivity index (χ2n) is 4.96. The lowest BCUT2D eigenvalue weighted by Gasteiger charge is -2.21. The fourth-order valence-electron chi connectivity index (χ4n) is 2.15. The molecule has 0 amide bonds. The molecule has 0 saturated heterocycles. The zero-order valence-electron chi connectivity index (χ0n) is 11.9. The molecule has 2 aromatic carbocycles. The highest BCUT2D eigenvalue weighted by Crippen LogP contribution is 2.24. The van der Waals surface area contributed by atoms with Gasteiger partial charge in [-0.3, -0.25) is 14.9 Å². The Kier molecular flexibility index (Phi) is 4.33. The Morgan fingerprint density at radius 2 is 1.86 bits per heavy atom. The number of rotatable bonds is 5. The molecule has 0 aromatic heterocycles. The molecule has 2 rings (SSSR count). The minimum Gasteiger partial charge on any atom is -0.370 e. The van der Waals surface area contributed by atoms with Gasteiger partial charge in [0, 0.05) is 37.0 Å². The number of nitrogens with zero attached hydrogens (tertiary/aromatic N) is 2. The quantitative estimate of drug-likeness (QED) is 0.480. The van der Waals surface area contributed by atoms with Crippen LogP contribution in [-0.4, -0.2) is 18.3 Å². The monoisotopic (exact) mass is 284 g/mol. The van der Waals surface area contributed by atoms with Crippen LogP contribution in [0.5, 0.6) is 0 Å². The molecule has 2 aromatic rings. The molecule has 0 N–H and O–H groups in total. The zero-order valence-corrected chi connectivity index (χ0v) is 11.9. The molecule has 5 nitrogen and oxygen atoms in total. The molecule has 108 valence electrons. The number of non-ortho nitro benzene ring substituents is 1. The molecule has 0 bridgehead atoms. The molecule has 5 heteroatoms. The third-order valence-corrected chi connectivity index (χ3v) is 3.30. The average Bonchev–Trinajstić information content (AvgIpc) is 2.48. The van der Waals surface area contributed by atoms with E-state index in [0.29, 0.717) is 24.1 Å². The van der Waals surface area contributed by atoms with Crippen molar-refractivity contribution in [2.75, 3.05) is 11.9 Å². The van der Waals surface area contributed by atoms with Crippen LogP contribution in [0.1, 0.15) is 21.5 Å². The van der Waals surface area contributed by atoms with Gasteiger partial charge in [0.1, 0.15) is 0 Å². The number of benzene rings is 2. The van der Waals surface area contributed by atoms with E-state index in [1.165, 1.54) is 17.7 Å². The van der Waals surface area contributed by atoms with Crippen LogP contribution in [0.25, 0.3) is 0 Å². The van der Waals surface area contributed by atoms with Gasteiger partial charge in [0.2, 0.25) is 0 Å². The Labute approximate surface area is 123 Å². The largest absolute Gasteiger partial charge is 0.370 e. The van der Waals surface area contributed by atoms with Crippen LogP contribution < -0.4 is 4.90 Å². The molecule has 0 fully saturated rings. The summed E-state index contributed by atoms with van der Waals surface area (Å²) in [6.45, 7) is 2.65. The summed E-state index contributed by atoms with van der Waals surface area (Å²) in [5, 5.41) is 10.7. The number of aldehydes is 1. The van der Waals surface area contributed by atoms with Gasteiger partial charge >= 0.3 is 0 Å². The van der Waals surface area contributed by atoms with Crippen molar-refractivity contribution in [3.63, 3.8) is 0 Å². The number of carbonyl (C=O) groups is 1. The Hall–Kier alpha value is -2.69. The zero-order chi connectivity index (χ0) is 15.4. The van der Waals surface area contributed by atoms with E-state index in [2.05, 4.69) is 0 Å². The van der Waals surface area contributed by atoms with Crippen molar-refractivity contribution in [1.29, 1.82) is 0 Å². The number of hydrogen-bond acceptors (Lipinski definition) is 4. The van der Waals surface area contributed by atoms with Crippen LogP contribution >= 0.6 is 0 Å². The van der Waals surface area contributed by atoms with Crippen molar-refractivity contribution < 1.29 is 9.72 Å². The topological polar surface area (TPSA) is 63.4 Å². The van der Waals surface area contributed by atoms with E-state index < -0.39 is 4.92 Å². The van der Waals surface area contributed by atoms with E-state index >= 15 is 0 Å². The maximum Gasteiger partial charge on any atom is 0.270 e. The van der Waals surface area contributed by atoms with Crippen molar-refractivity contribution in [2.45, 2.75) is 13.5 Å². The summed E-state index contributed by atoms with van der Waals surface area (Å²) in [7, 11) is 1.86. The number of anilines is 1. The number of aryl methyl sites for hydroxylation is 1. The fraction of sp³-hybridized carbons (Fsp3) is 0.188. The Morgan fingerprint density at radius 3 is 2.43 bits per heavy atom. The minimum absolute atomic E-state index is 0.0791. The van der Waals surface area contributed by atoms with Crippen molar-refractivity contribution in [3.05, 3.63) is 69.3 Å². The first-order valence-corrected chi connectivity index (χ1v) is 6.51. The minimum atomic E-state index is -0.503. The molecule has 0 unspecified atom stereocenters. The van der Waals surface area contributed by atoms with E-state index in [9.17, 15) is 14.9 Å². The molecule has 0 spiro atoms. The van der Waals surface area contributed by atoms with Crippen LogP contribution in [0.3, 0.4) is 0 Å². The average molecular weight is 284 g/mol. The molecule has 0 atom stereocenters. The van der Waals surface area contributed by atoms with E-state index in [1.54, 1.807) is 6.07 Å².